The van der Waals surface area contributed by atoms with Crippen molar-refractivity contribution in [1.29, 1.82) is 0 Å². The zero-order valence-electron chi connectivity index (χ0n) is 19.7. The summed E-state index contributed by atoms with van der Waals surface area (Å²) in [7, 11) is 3.30. The Morgan fingerprint density at radius 3 is 2.17 bits per heavy atom. The highest BCUT2D eigenvalue weighted by Crippen LogP contribution is 2.50. The summed E-state index contributed by atoms with van der Waals surface area (Å²) in [6.07, 6.45) is 0.370. The van der Waals surface area contributed by atoms with Crippen LogP contribution in [-0.2, 0) is 0 Å². The number of hydrogen-bond donors (Lipinski definition) is 0. The molecule has 6 rings (SSSR count). The number of methoxy groups -OCH3 is 2. The van der Waals surface area contributed by atoms with Gasteiger partial charge in [-0.1, -0.05) is 78.9 Å². The van der Waals surface area contributed by atoms with Gasteiger partial charge in [-0.15, -0.1) is 0 Å². The Balaban J connectivity index is 1.40. The second-order valence-corrected chi connectivity index (χ2v) is 8.68. The lowest BCUT2D eigenvalue weighted by molar-refractivity contribution is -0.0205. The van der Waals surface area contributed by atoms with Gasteiger partial charge in [0, 0.05) is 12.0 Å². The molecule has 2 aliphatic heterocycles. The molecule has 35 heavy (non-hydrogen) atoms. The van der Waals surface area contributed by atoms with Crippen LogP contribution in [0.3, 0.4) is 0 Å². The van der Waals surface area contributed by atoms with E-state index in [0.29, 0.717) is 11.5 Å². The Hall–Kier alpha value is -4.25. The summed E-state index contributed by atoms with van der Waals surface area (Å²) in [5.74, 6) is 2.21. The Morgan fingerprint density at radius 1 is 0.714 bits per heavy atom. The number of benzene rings is 4. The summed E-state index contributed by atoms with van der Waals surface area (Å²) in [4.78, 5) is 0. The van der Waals surface area contributed by atoms with E-state index in [1.165, 1.54) is 11.1 Å². The van der Waals surface area contributed by atoms with Crippen molar-refractivity contribution in [2.45, 2.75) is 18.7 Å². The number of nitrogens with zero attached hydrogens (tertiary/aromatic N) is 2. The van der Waals surface area contributed by atoms with Crippen LogP contribution in [0, 0.1) is 0 Å². The average Bonchev–Trinajstić information content (AvgIpc) is 3.38. The SMILES string of the molecule is COc1cccc(C2Oc3ccccc3C3CC(c4ccc(-c5ccccc5)cc4)=NN32)c1OC. The molecule has 0 bridgehead atoms. The number of fused-ring (bicyclic) bond motifs is 3. The molecular formula is C30H26N2O3. The number of rotatable bonds is 5. The molecule has 4 aromatic rings. The van der Waals surface area contributed by atoms with Gasteiger partial charge in [-0.25, -0.2) is 5.01 Å². The lowest BCUT2D eigenvalue weighted by atomic mass is 9.95. The van der Waals surface area contributed by atoms with Crippen LogP contribution in [0.25, 0.3) is 11.1 Å². The molecule has 2 atom stereocenters. The minimum Gasteiger partial charge on any atom is -0.493 e. The summed E-state index contributed by atoms with van der Waals surface area (Å²) in [5, 5.41) is 7.17. The van der Waals surface area contributed by atoms with Gasteiger partial charge in [-0.3, -0.25) is 0 Å². The van der Waals surface area contributed by atoms with Crippen LogP contribution in [0.1, 0.15) is 35.4 Å². The molecule has 0 radical (unpaired) electrons. The van der Waals surface area contributed by atoms with E-state index in [9.17, 15) is 0 Å². The van der Waals surface area contributed by atoms with Gasteiger partial charge >= 0.3 is 0 Å². The molecule has 2 heterocycles. The quantitative estimate of drug-likeness (QED) is 0.335. The molecular weight excluding hydrogens is 436 g/mol. The van der Waals surface area contributed by atoms with Crippen LogP contribution in [0.2, 0.25) is 0 Å². The molecule has 0 aliphatic carbocycles. The molecule has 0 amide bonds. The average molecular weight is 463 g/mol. The summed E-state index contributed by atoms with van der Waals surface area (Å²) < 4.78 is 17.8. The van der Waals surface area contributed by atoms with E-state index in [-0.39, 0.29) is 6.04 Å². The van der Waals surface area contributed by atoms with E-state index in [4.69, 9.17) is 19.3 Å². The maximum absolute atomic E-state index is 6.52. The number of ether oxygens (including phenoxy) is 3. The topological polar surface area (TPSA) is 43.3 Å². The molecule has 4 aromatic carbocycles. The van der Waals surface area contributed by atoms with Crippen molar-refractivity contribution < 1.29 is 14.2 Å². The highest BCUT2D eigenvalue weighted by atomic mass is 16.5. The number of hydrogen-bond acceptors (Lipinski definition) is 5. The Kier molecular flexibility index (Phi) is 5.38. The van der Waals surface area contributed by atoms with Gasteiger partial charge in [0.25, 0.3) is 0 Å². The number of hydrazone groups is 1. The van der Waals surface area contributed by atoms with Crippen molar-refractivity contribution in [3.8, 4) is 28.4 Å². The molecule has 5 heteroatoms. The molecule has 0 fully saturated rings. The summed E-state index contributed by atoms with van der Waals surface area (Å²) in [6, 6.07) is 33.2. The molecule has 0 spiro atoms. The highest BCUT2D eigenvalue weighted by Gasteiger charge is 2.42. The van der Waals surface area contributed by atoms with Crippen molar-refractivity contribution in [1.82, 2.24) is 5.01 Å². The largest absolute Gasteiger partial charge is 0.493 e. The highest BCUT2D eigenvalue weighted by molar-refractivity contribution is 6.02. The molecule has 0 N–H and O–H groups in total. The van der Waals surface area contributed by atoms with Crippen LogP contribution < -0.4 is 14.2 Å². The maximum Gasteiger partial charge on any atom is 0.217 e. The minimum absolute atomic E-state index is 0.0738. The van der Waals surface area contributed by atoms with Gasteiger partial charge in [0.15, 0.2) is 11.5 Å². The van der Waals surface area contributed by atoms with Crippen molar-refractivity contribution in [2.75, 3.05) is 14.2 Å². The van der Waals surface area contributed by atoms with Crippen LogP contribution in [0.5, 0.6) is 17.2 Å². The maximum atomic E-state index is 6.52. The van der Waals surface area contributed by atoms with Gasteiger partial charge in [-0.2, -0.15) is 5.10 Å². The fourth-order valence-corrected chi connectivity index (χ4v) is 5.01. The van der Waals surface area contributed by atoms with Crippen molar-refractivity contribution in [3.63, 3.8) is 0 Å². The number of para-hydroxylation sites is 2. The van der Waals surface area contributed by atoms with Gasteiger partial charge in [0.2, 0.25) is 6.23 Å². The molecule has 5 nitrogen and oxygen atoms in total. The van der Waals surface area contributed by atoms with E-state index < -0.39 is 6.23 Å². The first-order valence-corrected chi connectivity index (χ1v) is 11.7. The van der Waals surface area contributed by atoms with E-state index in [1.807, 2.05) is 36.4 Å². The molecule has 0 saturated heterocycles. The van der Waals surface area contributed by atoms with Crippen LogP contribution in [0.15, 0.2) is 102 Å². The summed E-state index contributed by atoms with van der Waals surface area (Å²) in [5.41, 5.74) is 6.59. The fraction of sp³-hybridized carbons (Fsp3) is 0.167. The smallest absolute Gasteiger partial charge is 0.217 e. The molecule has 0 aromatic heterocycles. The van der Waals surface area contributed by atoms with Gasteiger partial charge in [0.1, 0.15) is 5.75 Å². The van der Waals surface area contributed by atoms with Crippen LogP contribution in [0.4, 0.5) is 0 Å². The lowest BCUT2D eigenvalue weighted by Gasteiger charge is -2.38. The second kappa shape index (κ2) is 8.84. The predicted molar refractivity (Wildman–Crippen MR) is 137 cm³/mol. The monoisotopic (exact) mass is 462 g/mol. The Labute approximate surface area is 205 Å². The fourth-order valence-electron chi connectivity index (χ4n) is 5.01. The lowest BCUT2D eigenvalue weighted by Crippen LogP contribution is -2.34. The van der Waals surface area contributed by atoms with E-state index in [0.717, 1.165) is 34.6 Å². The third-order valence-electron chi connectivity index (χ3n) is 6.72. The van der Waals surface area contributed by atoms with E-state index in [2.05, 4.69) is 65.7 Å². The first-order valence-electron chi connectivity index (χ1n) is 11.7. The molecule has 2 aliphatic rings. The Bertz CT molecular complexity index is 1380. The minimum atomic E-state index is -0.430. The normalized spacial score (nSPS) is 18.2. The van der Waals surface area contributed by atoms with E-state index in [1.54, 1.807) is 14.2 Å². The Morgan fingerprint density at radius 2 is 1.40 bits per heavy atom. The van der Waals surface area contributed by atoms with Crippen LogP contribution >= 0.6 is 0 Å². The van der Waals surface area contributed by atoms with E-state index >= 15 is 0 Å². The molecule has 0 saturated carbocycles. The summed E-state index contributed by atoms with van der Waals surface area (Å²) >= 11 is 0. The second-order valence-electron chi connectivity index (χ2n) is 8.68. The van der Waals surface area contributed by atoms with Crippen molar-refractivity contribution in [2.24, 2.45) is 5.10 Å². The zero-order chi connectivity index (χ0) is 23.8. The zero-order valence-corrected chi connectivity index (χ0v) is 19.7. The third kappa shape index (κ3) is 3.69. The van der Waals surface area contributed by atoms with Gasteiger partial charge < -0.3 is 14.2 Å². The standard InChI is InChI=1S/C30H26N2O3/c1-33-28-14-8-12-24(29(28)34-2)30-32-26(23-11-6-7-13-27(23)35-30)19-25(31-32)22-17-15-21(16-18-22)20-9-4-3-5-10-20/h3-18,26,30H,19H2,1-2H3. The first-order chi connectivity index (χ1) is 17.3. The van der Waals surface area contributed by atoms with Crippen molar-refractivity contribution >= 4 is 5.71 Å². The first kappa shape index (κ1) is 21.3. The molecule has 174 valence electrons. The van der Waals surface area contributed by atoms with Gasteiger partial charge in [-0.05, 0) is 34.9 Å². The summed E-state index contributed by atoms with van der Waals surface area (Å²) in [6.45, 7) is 0. The van der Waals surface area contributed by atoms with Crippen molar-refractivity contribution in [3.05, 3.63) is 114 Å². The third-order valence-corrected chi connectivity index (χ3v) is 6.72. The van der Waals surface area contributed by atoms with Crippen LogP contribution in [-0.4, -0.2) is 24.9 Å². The predicted octanol–water partition coefficient (Wildman–Crippen LogP) is 6.61. The molecule has 2 unspecified atom stereocenters. The van der Waals surface area contributed by atoms with Gasteiger partial charge in [0.05, 0.1) is 31.5 Å².